The molecule has 0 aliphatic rings. The maximum atomic E-state index is 4.65. The Hall–Kier alpha value is -3.80. The second-order valence-corrected chi connectivity index (χ2v) is 7.07. The zero-order valence-electron chi connectivity index (χ0n) is 16.3. The summed E-state index contributed by atoms with van der Waals surface area (Å²) in [6, 6.07) is 22.6. The molecule has 0 saturated heterocycles. The highest BCUT2D eigenvalue weighted by Crippen LogP contribution is 2.31. The molecule has 142 valence electrons. The average molecular weight is 380 g/mol. The fraction of sp³-hybridized carbons (Fsp3) is 0.130. The lowest BCUT2D eigenvalue weighted by Gasteiger charge is -2.20. The molecular formula is C23H20N6. The molecule has 3 aromatic heterocycles. The first kappa shape index (κ1) is 17.3. The molecule has 0 radical (unpaired) electrons. The van der Waals surface area contributed by atoms with Gasteiger partial charge in [-0.2, -0.15) is 0 Å². The van der Waals surface area contributed by atoms with Gasteiger partial charge >= 0.3 is 0 Å². The van der Waals surface area contributed by atoms with Crippen molar-refractivity contribution in [2.45, 2.75) is 13.0 Å². The van der Waals surface area contributed by atoms with Gasteiger partial charge < -0.3 is 4.57 Å². The summed E-state index contributed by atoms with van der Waals surface area (Å²) in [5, 5.41) is 8.34. The quantitative estimate of drug-likeness (QED) is 0.469. The van der Waals surface area contributed by atoms with Crippen molar-refractivity contribution in [3.8, 4) is 11.3 Å². The van der Waals surface area contributed by atoms with Crippen molar-refractivity contribution in [1.82, 2.24) is 29.5 Å². The SMILES string of the molecule is Cc1nnn(C)c1-c1ccc2ncn([C@@H](c3ccccc3)c3ccccn3)c2c1. The van der Waals surface area contributed by atoms with Gasteiger partial charge in [0.1, 0.15) is 6.04 Å². The van der Waals surface area contributed by atoms with E-state index in [0.717, 1.165) is 39.2 Å². The zero-order chi connectivity index (χ0) is 19.8. The molecule has 0 bridgehead atoms. The second-order valence-electron chi connectivity index (χ2n) is 7.07. The molecular weight excluding hydrogens is 360 g/mol. The van der Waals surface area contributed by atoms with Crippen LogP contribution in [0.2, 0.25) is 0 Å². The van der Waals surface area contributed by atoms with Gasteiger partial charge in [0.05, 0.1) is 34.4 Å². The number of fused-ring (bicyclic) bond motifs is 1. The molecule has 0 aliphatic carbocycles. The van der Waals surface area contributed by atoms with Crippen LogP contribution in [0.5, 0.6) is 0 Å². The molecule has 0 fully saturated rings. The Kier molecular flexibility index (Phi) is 4.17. The van der Waals surface area contributed by atoms with E-state index in [1.807, 2.05) is 55.4 Å². The Bertz CT molecular complexity index is 1210. The van der Waals surface area contributed by atoms with E-state index in [0.29, 0.717) is 0 Å². The van der Waals surface area contributed by atoms with Gasteiger partial charge in [-0.05, 0) is 36.8 Å². The number of hydrogen-bond donors (Lipinski definition) is 0. The van der Waals surface area contributed by atoms with Crippen LogP contribution in [0.15, 0.2) is 79.3 Å². The second kappa shape index (κ2) is 6.98. The van der Waals surface area contributed by atoms with Crippen molar-refractivity contribution < 1.29 is 0 Å². The number of aromatic nitrogens is 6. The summed E-state index contributed by atoms with van der Waals surface area (Å²) in [6.07, 6.45) is 3.73. The Morgan fingerprint density at radius 2 is 1.72 bits per heavy atom. The molecule has 3 heterocycles. The molecule has 0 N–H and O–H groups in total. The van der Waals surface area contributed by atoms with E-state index in [9.17, 15) is 0 Å². The van der Waals surface area contributed by atoms with Gasteiger partial charge in [-0.1, -0.05) is 47.7 Å². The van der Waals surface area contributed by atoms with Crippen molar-refractivity contribution in [1.29, 1.82) is 0 Å². The normalized spacial score (nSPS) is 12.3. The highest BCUT2D eigenvalue weighted by Gasteiger charge is 2.20. The third kappa shape index (κ3) is 2.99. The van der Waals surface area contributed by atoms with E-state index < -0.39 is 0 Å². The van der Waals surface area contributed by atoms with Crippen LogP contribution >= 0.6 is 0 Å². The molecule has 5 aromatic rings. The first-order chi connectivity index (χ1) is 14.2. The summed E-state index contributed by atoms with van der Waals surface area (Å²) < 4.78 is 4.00. The summed E-state index contributed by atoms with van der Waals surface area (Å²) in [4.78, 5) is 9.30. The van der Waals surface area contributed by atoms with E-state index in [4.69, 9.17) is 0 Å². The standard InChI is InChI=1S/C23H20N6/c1-16-22(28(2)27-26-16)18-11-12-19-21(14-18)29(15-25-19)23(17-8-4-3-5-9-17)20-10-6-7-13-24-20/h3-15,23H,1-2H3/t23-/m0/s1. The Labute approximate surface area is 168 Å². The Morgan fingerprint density at radius 1 is 0.897 bits per heavy atom. The van der Waals surface area contributed by atoms with E-state index in [1.54, 1.807) is 0 Å². The third-order valence-electron chi connectivity index (χ3n) is 5.20. The Balaban J connectivity index is 1.73. The fourth-order valence-electron chi connectivity index (χ4n) is 3.88. The number of pyridine rings is 1. The fourth-order valence-corrected chi connectivity index (χ4v) is 3.88. The van der Waals surface area contributed by atoms with Gasteiger partial charge in [0.15, 0.2) is 0 Å². The number of benzene rings is 2. The van der Waals surface area contributed by atoms with E-state index in [-0.39, 0.29) is 6.04 Å². The van der Waals surface area contributed by atoms with Gasteiger partial charge in [0.2, 0.25) is 0 Å². The van der Waals surface area contributed by atoms with Gasteiger partial charge in [-0.15, -0.1) is 5.10 Å². The first-order valence-corrected chi connectivity index (χ1v) is 9.51. The van der Waals surface area contributed by atoms with Crippen molar-refractivity contribution in [2.75, 3.05) is 0 Å². The lowest BCUT2D eigenvalue weighted by molar-refractivity contribution is 0.676. The topological polar surface area (TPSA) is 61.4 Å². The molecule has 1 atom stereocenters. The minimum absolute atomic E-state index is 0.0663. The van der Waals surface area contributed by atoms with Crippen LogP contribution in [0.1, 0.15) is 23.0 Å². The van der Waals surface area contributed by atoms with Crippen LogP contribution in [0.3, 0.4) is 0 Å². The summed E-state index contributed by atoms with van der Waals surface area (Å²) >= 11 is 0. The number of imidazole rings is 1. The van der Waals surface area contributed by atoms with Crippen molar-refractivity contribution in [3.05, 3.63) is 96.2 Å². The third-order valence-corrected chi connectivity index (χ3v) is 5.20. The van der Waals surface area contributed by atoms with Crippen LogP contribution in [-0.4, -0.2) is 29.5 Å². The smallest absolute Gasteiger partial charge is 0.102 e. The van der Waals surface area contributed by atoms with Gasteiger partial charge in [-0.3, -0.25) is 4.98 Å². The van der Waals surface area contributed by atoms with Crippen LogP contribution in [0.4, 0.5) is 0 Å². The van der Waals surface area contributed by atoms with Crippen molar-refractivity contribution in [3.63, 3.8) is 0 Å². The maximum Gasteiger partial charge on any atom is 0.102 e. The zero-order valence-corrected chi connectivity index (χ0v) is 16.3. The minimum atomic E-state index is -0.0663. The molecule has 2 aromatic carbocycles. The monoisotopic (exact) mass is 380 g/mol. The van der Waals surface area contributed by atoms with Crippen molar-refractivity contribution >= 4 is 11.0 Å². The van der Waals surface area contributed by atoms with Crippen molar-refractivity contribution in [2.24, 2.45) is 7.05 Å². The molecule has 6 nitrogen and oxygen atoms in total. The molecule has 0 unspecified atom stereocenters. The number of nitrogens with zero attached hydrogens (tertiary/aromatic N) is 6. The summed E-state index contributed by atoms with van der Waals surface area (Å²) in [5.41, 5.74) is 7.10. The summed E-state index contributed by atoms with van der Waals surface area (Å²) in [6.45, 7) is 1.98. The molecule has 29 heavy (non-hydrogen) atoms. The van der Waals surface area contributed by atoms with Crippen LogP contribution in [0, 0.1) is 6.92 Å². The molecule has 0 saturated carbocycles. The Morgan fingerprint density at radius 3 is 2.45 bits per heavy atom. The lowest BCUT2D eigenvalue weighted by Crippen LogP contribution is -2.12. The van der Waals surface area contributed by atoms with Gasteiger partial charge in [0.25, 0.3) is 0 Å². The predicted octanol–water partition coefficient (Wildman–Crippen LogP) is 4.17. The first-order valence-electron chi connectivity index (χ1n) is 9.51. The van der Waals surface area contributed by atoms with E-state index >= 15 is 0 Å². The largest absolute Gasteiger partial charge is 0.317 e. The minimum Gasteiger partial charge on any atom is -0.317 e. The lowest BCUT2D eigenvalue weighted by atomic mass is 10.0. The average Bonchev–Trinajstić information content (AvgIpc) is 3.32. The van der Waals surface area contributed by atoms with Crippen LogP contribution < -0.4 is 0 Å². The van der Waals surface area contributed by atoms with Crippen LogP contribution in [0.25, 0.3) is 22.3 Å². The molecule has 0 spiro atoms. The predicted molar refractivity (Wildman–Crippen MR) is 112 cm³/mol. The number of aryl methyl sites for hydroxylation is 2. The molecule has 6 heteroatoms. The summed E-state index contributed by atoms with van der Waals surface area (Å²) in [5.74, 6) is 0. The van der Waals surface area contributed by atoms with Gasteiger partial charge in [0, 0.05) is 18.8 Å². The number of hydrogen-bond acceptors (Lipinski definition) is 4. The molecule has 5 rings (SSSR count). The number of rotatable bonds is 4. The van der Waals surface area contributed by atoms with Gasteiger partial charge in [-0.25, -0.2) is 9.67 Å². The summed E-state index contributed by atoms with van der Waals surface area (Å²) in [7, 11) is 1.91. The highest BCUT2D eigenvalue weighted by molar-refractivity contribution is 5.82. The highest BCUT2D eigenvalue weighted by atomic mass is 15.4. The van der Waals surface area contributed by atoms with E-state index in [2.05, 4.69) is 67.3 Å². The maximum absolute atomic E-state index is 4.65. The molecule has 0 aliphatic heterocycles. The molecule has 0 amide bonds. The van der Waals surface area contributed by atoms with Crippen LogP contribution in [-0.2, 0) is 7.05 Å². The van der Waals surface area contributed by atoms with E-state index in [1.165, 1.54) is 0 Å².